The minimum atomic E-state index is -0.238. The third-order valence-corrected chi connectivity index (χ3v) is 3.25. The maximum absolute atomic E-state index is 11.9. The van der Waals surface area contributed by atoms with Crippen LogP contribution in [0.5, 0.6) is 0 Å². The van der Waals surface area contributed by atoms with Crippen molar-refractivity contribution in [2.24, 2.45) is 0 Å². The summed E-state index contributed by atoms with van der Waals surface area (Å²) < 4.78 is 0. The Morgan fingerprint density at radius 2 is 1.68 bits per heavy atom. The fourth-order valence-electron chi connectivity index (χ4n) is 2.10. The number of rotatable bonds is 4. The van der Waals surface area contributed by atoms with Crippen molar-refractivity contribution in [3.63, 3.8) is 0 Å². The number of hydrogen-bond donors (Lipinski definition) is 1. The van der Waals surface area contributed by atoms with E-state index in [1.165, 1.54) is 11.6 Å². The first-order valence-corrected chi connectivity index (χ1v) is 7.35. The topological polar surface area (TPSA) is 54.9 Å². The lowest BCUT2D eigenvalue weighted by Gasteiger charge is -2.05. The van der Waals surface area contributed by atoms with Crippen molar-refractivity contribution in [3.05, 3.63) is 58.9 Å². The van der Waals surface area contributed by atoms with Gasteiger partial charge in [0, 0.05) is 17.5 Å². The molecule has 0 atom stereocenters. The van der Waals surface area contributed by atoms with Crippen LogP contribution >= 0.6 is 0 Å². The van der Waals surface area contributed by atoms with E-state index in [1.807, 2.05) is 32.0 Å². The fourth-order valence-corrected chi connectivity index (χ4v) is 2.10. The Morgan fingerprint density at radius 3 is 2.23 bits per heavy atom. The molecular weight excluding hydrogens is 274 g/mol. The molecule has 0 aliphatic carbocycles. The van der Waals surface area contributed by atoms with Gasteiger partial charge < -0.3 is 0 Å². The van der Waals surface area contributed by atoms with Crippen molar-refractivity contribution in [1.82, 2.24) is 9.97 Å². The van der Waals surface area contributed by atoms with Gasteiger partial charge in [-0.15, -0.1) is 0 Å². The molecule has 2 aromatic rings. The molecule has 0 radical (unpaired) electrons. The molecule has 0 fully saturated rings. The van der Waals surface area contributed by atoms with E-state index in [1.54, 1.807) is 6.08 Å². The summed E-state index contributed by atoms with van der Waals surface area (Å²) >= 11 is 0. The average molecular weight is 295 g/mol. The lowest BCUT2D eigenvalue weighted by molar-refractivity contribution is -0.111. The Labute approximate surface area is 131 Å². The van der Waals surface area contributed by atoms with Gasteiger partial charge in [0.15, 0.2) is 0 Å². The van der Waals surface area contributed by atoms with Crippen molar-refractivity contribution >= 4 is 17.9 Å². The Balaban J connectivity index is 2.01. The summed E-state index contributed by atoms with van der Waals surface area (Å²) in [4.78, 5) is 20.3. The molecule has 2 rings (SSSR count). The standard InChI is InChI=1S/C18H21N3O/c1-12(2)16-8-5-15(6-9-16)7-10-17(22)21-18-19-13(3)11-14(4)20-18/h5-12H,1-4H3,(H,19,20,21,22). The largest absolute Gasteiger partial charge is 0.291 e. The maximum atomic E-state index is 11.9. The molecule has 0 bridgehead atoms. The highest BCUT2D eigenvalue weighted by Crippen LogP contribution is 2.15. The van der Waals surface area contributed by atoms with E-state index < -0.39 is 0 Å². The molecule has 1 amide bonds. The average Bonchev–Trinajstić information content (AvgIpc) is 2.44. The van der Waals surface area contributed by atoms with E-state index in [0.717, 1.165) is 17.0 Å². The molecule has 0 aliphatic heterocycles. The number of aryl methyl sites for hydroxylation is 2. The van der Waals surface area contributed by atoms with Crippen molar-refractivity contribution in [1.29, 1.82) is 0 Å². The monoisotopic (exact) mass is 295 g/mol. The van der Waals surface area contributed by atoms with E-state index in [4.69, 9.17) is 0 Å². The molecule has 4 nitrogen and oxygen atoms in total. The van der Waals surface area contributed by atoms with Gasteiger partial charge in [0.05, 0.1) is 0 Å². The molecular formula is C18H21N3O. The van der Waals surface area contributed by atoms with Gasteiger partial charge in [0.2, 0.25) is 5.95 Å². The van der Waals surface area contributed by atoms with Crippen LogP contribution in [0.2, 0.25) is 0 Å². The van der Waals surface area contributed by atoms with Crippen LogP contribution < -0.4 is 5.32 Å². The van der Waals surface area contributed by atoms with Crippen LogP contribution in [-0.2, 0) is 4.79 Å². The number of benzene rings is 1. The molecule has 114 valence electrons. The highest BCUT2D eigenvalue weighted by molar-refractivity contribution is 6.00. The normalized spacial score (nSPS) is 11.1. The number of amides is 1. The van der Waals surface area contributed by atoms with Crippen LogP contribution in [0.25, 0.3) is 6.08 Å². The smallest absolute Gasteiger partial charge is 0.250 e. The van der Waals surface area contributed by atoms with Gasteiger partial charge in [0.1, 0.15) is 0 Å². The highest BCUT2D eigenvalue weighted by atomic mass is 16.1. The molecule has 0 unspecified atom stereocenters. The van der Waals surface area contributed by atoms with Crippen LogP contribution in [0.1, 0.15) is 42.3 Å². The van der Waals surface area contributed by atoms with Gasteiger partial charge in [-0.25, -0.2) is 9.97 Å². The molecule has 1 N–H and O–H groups in total. The fraction of sp³-hybridized carbons (Fsp3) is 0.278. The predicted octanol–water partition coefficient (Wildman–Crippen LogP) is 3.87. The van der Waals surface area contributed by atoms with Crippen molar-refractivity contribution in [3.8, 4) is 0 Å². The van der Waals surface area contributed by atoms with Crippen molar-refractivity contribution in [2.75, 3.05) is 5.32 Å². The summed E-state index contributed by atoms with van der Waals surface area (Å²) in [6, 6.07) is 10.0. The van der Waals surface area contributed by atoms with Gasteiger partial charge >= 0.3 is 0 Å². The zero-order valence-corrected chi connectivity index (χ0v) is 13.4. The van der Waals surface area contributed by atoms with Gasteiger partial charge in [-0.1, -0.05) is 38.1 Å². The number of anilines is 1. The van der Waals surface area contributed by atoms with E-state index in [9.17, 15) is 4.79 Å². The van der Waals surface area contributed by atoms with Gasteiger partial charge in [-0.05, 0) is 43.0 Å². The lowest BCUT2D eigenvalue weighted by Crippen LogP contribution is -2.11. The number of hydrogen-bond acceptors (Lipinski definition) is 3. The quantitative estimate of drug-likeness (QED) is 0.871. The highest BCUT2D eigenvalue weighted by Gasteiger charge is 2.03. The SMILES string of the molecule is Cc1cc(C)nc(NC(=O)C=Cc2ccc(C(C)C)cc2)n1. The molecule has 1 heterocycles. The summed E-state index contributed by atoms with van der Waals surface area (Å²) in [6.07, 6.45) is 3.27. The second kappa shape index (κ2) is 6.98. The Bertz CT molecular complexity index is 668. The van der Waals surface area contributed by atoms with Gasteiger partial charge in [-0.2, -0.15) is 0 Å². The molecule has 0 aliphatic rings. The van der Waals surface area contributed by atoms with Crippen molar-refractivity contribution < 1.29 is 4.79 Å². The number of carbonyl (C=O) groups excluding carboxylic acids is 1. The summed E-state index contributed by atoms with van der Waals surface area (Å²) in [5.74, 6) is 0.600. The van der Waals surface area contributed by atoms with Crippen LogP contribution in [-0.4, -0.2) is 15.9 Å². The molecule has 0 saturated carbocycles. The first-order valence-electron chi connectivity index (χ1n) is 7.35. The zero-order valence-electron chi connectivity index (χ0n) is 13.4. The van der Waals surface area contributed by atoms with Gasteiger partial charge in [0.25, 0.3) is 5.91 Å². The maximum Gasteiger partial charge on any atom is 0.250 e. The van der Waals surface area contributed by atoms with Crippen LogP contribution in [0.4, 0.5) is 5.95 Å². The zero-order chi connectivity index (χ0) is 16.1. The molecule has 0 saturated heterocycles. The van der Waals surface area contributed by atoms with E-state index >= 15 is 0 Å². The van der Waals surface area contributed by atoms with Gasteiger partial charge in [-0.3, -0.25) is 10.1 Å². The molecule has 0 spiro atoms. The predicted molar refractivity (Wildman–Crippen MR) is 89.7 cm³/mol. The number of carbonyl (C=O) groups is 1. The third kappa shape index (κ3) is 4.52. The second-order valence-corrected chi connectivity index (χ2v) is 5.62. The summed E-state index contributed by atoms with van der Waals surface area (Å²) in [5, 5.41) is 2.68. The molecule has 1 aromatic heterocycles. The van der Waals surface area contributed by atoms with Crippen LogP contribution in [0.3, 0.4) is 0 Å². The lowest BCUT2D eigenvalue weighted by atomic mass is 10.0. The number of nitrogens with one attached hydrogen (secondary N) is 1. The first-order chi connectivity index (χ1) is 10.4. The Morgan fingerprint density at radius 1 is 1.09 bits per heavy atom. The van der Waals surface area contributed by atoms with Crippen molar-refractivity contribution in [2.45, 2.75) is 33.6 Å². The minimum Gasteiger partial charge on any atom is -0.291 e. The van der Waals surface area contributed by atoms with E-state index in [2.05, 4.69) is 41.3 Å². The first kappa shape index (κ1) is 15.9. The Kier molecular flexibility index (Phi) is 5.04. The molecule has 4 heteroatoms. The third-order valence-electron chi connectivity index (χ3n) is 3.25. The van der Waals surface area contributed by atoms with Crippen LogP contribution in [0, 0.1) is 13.8 Å². The molecule has 1 aromatic carbocycles. The minimum absolute atomic E-state index is 0.238. The summed E-state index contributed by atoms with van der Waals surface area (Å²) in [5.41, 5.74) is 3.93. The number of nitrogens with zero attached hydrogens (tertiary/aromatic N) is 2. The van der Waals surface area contributed by atoms with E-state index in [0.29, 0.717) is 11.9 Å². The second-order valence-electron chi connectivity index (χ2n) is 5.62. The Hall–Kier alpha value is -2.49. The molecule has 22 heavy (non-hydrogen) atoms. The van der Waals surface area contributed by atoms with Crippen LogP contribution in [0.15, 0.2) is 36.4 Å². The van der Waals surface area contributed by atoms with E-state index in [-0.39, 0.29) is 5.91 Å². The summed E-state index contributed by atoms with van der Waals surface area (Å²) in [7, 11) is 0. The summed E-state index contributed by atoms with van der Waals surface area (Å²) in [6.45, 7) is 8.05. The number of aromatic nitrogens is 2.